The molecule has 0 bridgehead atoms. The van der Waals surface area contributed by atoms with Gasteiger partial charge in [-0.05, 0) is 23.4 Å². The highest BCUT2D eigenvalue weighted by molar-refractivity contribution is 5.94. The number of benzene rings is 3. The number of fused-ring (bicyclic) bond motifs is 2. The number of H-pyrrole nitrogens is 1. The maximum atomic E-state index is 12.9. The zero-order valence-electron chi connectivity index (χ0n) is 21.2. The van der Waals surface area contributed by atoms with Crippen molar-refractivity contribution < 1.29 is 9.53 Å². The number of nitrogens with one attached hydrogen (secondary N) is 1. The summed E-state index contributed by atoms with van der Waals surface area (Å²) in [7, 11) is 0. The van der Waals surface area contributed by atoms with E-state index in [0.29, 0.717) is 19.6 Å². The molecule has 0 aliphatic carbocycles. The quantitative estimate of drug-likeness (QED) is 0.416. The SMILES string of the molecule is N#CCC1CN(c2n[nH]c3c2CCN(c2cccc4ccccc24)C3)CCN1C(=O)OCc1ccccc1. The van der Waals surface area contributed by atoms with Gasteiger partial charge in [0.05, 0.1) is 30.8 Å². The molecule has 8 heteroatoms. The topological polar surface area (TPSA) is 88.5 Å². The van der Waals surface area contributed by atoms with Crippen molar-refractivity contribution >= 4 is 28.4 Å². The van der Waals surface area contributed by atoms with E-state index in [2.05, 4.69) is 63.4 Å². The Morgan fingerprint density at radius 1 is 1.00 bits per heavy atom. The second kappa shape index (κ2) is 10.5. The fourth-order valence-electron chi connectivity index (χ4n) is 5.62. The molecule has 0 radical (unpaired) electrons. The highest BCUT2D eigenvalue weighted by Gasteiger charge is 2.34. The second-order valence-corrected chi connectivity index (χ2v) is 9.87. The second-order valence-electron chi connectivity index (χ2n) is 9.87. The molecule has 192 valence electrons. The summed E-state index contributed by atoms with van der Waals surface area (Å²) in [4.78, 5) is 19.2. The van der Waals surface area contributed by atoms with Crippen molar-refractivity contribution in [1.29, 1.82) is 5.26 Å². The first kappa shape index (κ1) is 23.9. The molecule has 2 aliphatic rings. The summed E-state index contributed by atoms with van der Waals surface area (Å²) in [6.07, 6.45) is 0.758. The third-order valence-electron chi connectivity index (χ3n) is 7.57. The van der Waals surface area contributed by atoms with Gasteiger partial charge in [-0.1, -0.05) is 66.7 Å². The minimum absolute atomic E-state index is 0.221. The molecule has 2 aliphatic heterocycles. The van der Waals surface area contributed by atoms with E-state index in [1.54, 1.807) is 4.90 Å². The number of anilines is 2. The Hall–Kier alpha value is -4.51. The van der Waals surface area contributed by atoms with Gasteiger partial charge < -0.3 is 19.4 Å². The van der Waals surface area contributed by atoms with E-state index >= 15 is 0 Å². The predicted molar refractivity (Wildman–Crippen MR) is 147 cm³/mol. The third kappa shape index (κ3) is 4.63. The fraction of sp³-hybridized carbons (Fsp3) is 0.300. The van der Waals surface area contributed by atoms with Crippen LogP contribution >= 0.6 is 0 Å². The predicted octanol–water partition coefficient (Wildman–Crippen LogP) is 4.87. The molecule has 1 atom stereocenters. The van der Waals surface area contributed by atoms with Crippen LogP contribution in [0.25, 0.3) is 10.8 Å². The van der Waals surface area contributed by atoms with Crippen LogP contribution in [-0.4, -0.2) is 53.4 Å². The van der Waals surface area contributed by atoms with E-state index in [1.807, 2.05) is 30.3 Å². The highest BCUT2D eigenvalue weighted by Crippen LogP contribution is 2.34. The molecule has 6 rings (SSSR count). The molecule has 1 fully saturated rings. The van der Waals surface area contributed by atoms with Gasteiger partial charge in [0.1, 0.15) is 6.61 Å². The van der Waals surface area contributed by atoms with Gasteiger partial charge in [0.2, 0.25) is 0 Å². The van der Waals surface area contributed by atoms with E-state index in [-0.39, 0.29) is 25.2 Å². The molecule has 1 unspecified atom stereocenters. The summed E-state index contributed by atoms with van der Waals surface area (Å²) in [5.41, 5.74) is 4.54. The summed E-state index contributed by atoms with van der Waals surface area (Å²) in [5.74, 6) is 0.942. The molecule has 0 saturated carbocycles. The number of ether oxygens (including phenoxy) is 1. The Balaban J connectivity index is 1.15. The van der Waals surface area contributed by atoms with Crippen LogP contribution in [0.4, 0.5) is 16.3 Å². The van der Waals surface area contributed by atoms with Crippen molar-refractivity contribution in [3.63, 3.8) is 0 Å². The average molecular weight is 507 g/mol. The van der Waals surface area contributed by atoms with Crippen molar-refractivity contribution in [2.24, 2.45) is 0 Å². The van der Waals surface area contributed by atoms with E-state index < -0.39 is 0 Å². The molecular weight excluding hydrogens is 476 g/mol. The molecule has 4 aromatic rings. The maximum Gasteiger partial charge on any atom is 0.410 e. The number of hydrogen-bond donors (Lipinski definition) is 1. The Bertz CT molecular complexity index is 1470. The Labute approximate surface area is 222 Å². The van der Waals surface area contributed by atoms with Gasteiger partial charge in [-0.2, -0.15) is 10.4 Å². The average Bonchev–Trinajstić information content (AvgIpc) is 3.40. The Morgan fingerprint density at radius 3 is 2.68 bits per heavy atom. The molecular formula is C30H30N6O2. The first-order valence-electron chi connectivity index (χ1n) is 13.1. The van der Waals surface area contributed by atoms with Gasteiger partial charge in [0, 0.05) is 42.8 Å². The lowest BCUT2D eigenvalue weighted by atomic mass is 10.0. The van der Waals surface area contributed by atoms with Crippen molar-refractivity contribution in [3.8, 4) is 6.07 Å². The molecule has 3 heterocycles. The van der Waals surface area contributed by atoms with Crippen molar-refractivity contribution in [2.75, 3.05) is 36.0 Å². The number of nitriles is 1. The maximum absolute atomic E-state index is 12.9. The number of rotatable bonds is 5. The van der Waals surface area contributed by atoms with Crippen LogP contribution in [0.3, 0.4) is 0 Å². The number of piperazine rings is 1. The van der Waals surface area contributed by atoms with Gasteiger partial charge in [-0.3, -0.25) is 5.10 Å². The lowest BCUT2D eigenvalue weighted by molar-refractivity contribution is 0.0768. The van der Waals surface area contributed by atoms with E-state index in [4.69, 9.17) is 9.84 Å². The molecule has 1 amide bonds. The zero-order valence-corrected chi connectivity index (χ0v) is 21.2. The van der Waals surface area contributed by atoms with Crippen LogP contribution in [0.15, 0.2) is 72.8 Å². The third-order valence-corrected chi connectivity index (χ3v) is 7.57. The van der Waals surface area contributed by atoms with Gasteiger partial charge >= 0.3 is 6.09 Å². The lowest BCUT2D eigenvalue weighted by Crippen LogP contribution is -2.55. The molecule has 1 aromatic heterocycles. The van der Waals surface area contributed by atoms with Crippen LogP contribution in [0, 0.1) is 11.3 Å². The summed E-state index contributed by atoms with van der Waals surface area (Å²) in [6, 6.07) is 26.6. The van der Waals surface area contributed by atoms with Crippen molar-refractivity contribution in [3.05, 3.63) is 89.6 Å². The van der Waals surface area contributed by atoms with E-state index in [0.717, 1.165) is 36.6 Å². The monoisotopic (exact) mass is 506 g/mol. The number of amides is 1. The first-order chi connectivity index (χ1) is 18.7. The number of aromatic nitrogens is 2. The fourth-order valence-corrected chi connectivity index (χ4v) is 5.62. The number of carbonyl (C=O) groups excluding carboxylic acids is 1. The standard InChI is InChI=1S/C30H30N6O2/c31-15-13-24-19-35(17-18-36(24)30(37)38-21-22-7-2-1-3-8-22)29-26-14-16-34(20-27(26)32-33-29)28-12-6-10-23-9-4-5-11-25(23)28/h1-12,24H,13-14,16-21H2,(H,32,33). The van der Waals surface area contributed by atoms with Crippen molar-refractivity contribution in [1.82, 2.24) is 15.1 Å². The van der Waals surface area contributed by atoms with Crippen LogP contribution < -0.4 is 9.80 Å². The van der Waals surface area contributed by atoms with Gasteiger partial charge in [-0.15, -0.1) is 0 Å². The number of carbonyl (C=O) groups is 1. The van der Waals surface area contributed by atoms with Crippen molar-refractivity contribution in [2.45, 2.75) is 32.0 Å². The normalized spacial score (nSPS) is 17.2. The van der Waals surface area contributed by atoms with Gasteiger partial charge in [-0.25, -0.2) is 4.79 Å². The van der Waals surface area contributed by atoms with E-state index in [1.165, 1.54) is 22.0 Å². The molecule has 38 heavy (non-hydrogen) atoms. The van der Waals surface area contributed by atoms with Crippen LogP contribution in [0.2, 0.25) is 0 Å². The Morgan fingerprint density at radius 2 is 1.82 bits per heavy atom. The molecule has 8 nitrogen and oxygen atoms in total. The summed E-state index contributed by atoms with van der Waals surface area (Å²) in [5, 5.41) is 20.0. The van der Waals surface area contributed by atoms with E-state index in [9.17, 15) is 10.1 Å². The van der Waals surface area contributed by atoms with Crippen LogP contribution in [0.1, 0.15) is 23.2 Å². The summed E-state index contributed by atoms with van der Waals surface area (Å²) < 4.78 is 5.58. The largest absolute Gasteiger partial charge is 0.445 e. The number of aromatic amines is 1. The first-order valence-corrected chi connectivity index (χ1v) is 13.1. The number of hydrogen-bond acceptors (Lipinski definition) is 6. The molecule has 1 N–H and O–H groups in total. The molecule has 1 saturated heterocycles. The minimum Gasteiger partial charge on any atom is -0.445 e. The minimum atomic E-state index is -0.372. The Kier molecular flexibility index (Phi) is 6.57. The highest BCUT2D eigenvalue weighted by atomic mass is 16.6. The zero-order chi connectivity index (χ0) is 25.9. The smallest absolute Gasteiger partial charge is 0.410 e. The summed E-state index contributed by atoms with van der Waals surface area (Å²) >= 11 is 0. The molecule has 3 aromatic carbocycles. The molecule has 0 spiro atoms. The summed E-state index contributed by atoms with van der Waals surface area (Å²) in [6.45, 7) is 3.58. The van der Waals surface area contributed by atoms with Crippen LogP contribution in [0.5, 0.6) is 0 Å². The van der Waals surface area contributed by atoms with Gasteiger partial charge in [0.25, 0.3) is 0 Å². The number of nitrogens with zero attached hydrogens (tertiary/aromatic N) is 5. The van der Waals surface area contributed by atoms with Crippen LogP contribution in [-0.2, 0) is 24.3 Å². The lowest BCUT2D eigenvalue weighted by Gasteiger charge is -2.40. The van der Waals surface area contributed by atoms with Gasteiger partial charge in [0.15, 0.2) is 5.82 Å².